The predicted molar refractivity (Wildman–Crippen MR) is 127 cm³/mol. The molecule has 2 rings (SSSR count). The summed E-state index contributed by atoms with van der Waals surface area (Å²) in [6.45, 7) is 3.95. The molecular formula is C25H35N3O7. The van der Waals surface area contributed by atoms with Crippen LogP contribution in [0.2, 0.25) is 0 Å². The van der Waals surface area contributed by atoms with E-state index in [2.05, 4.69) is 15.4 Å². The molecule has 35 heavy (non-hydrogen) atoms. The zero-order valence-electron chi connectivity index (χ0n) is 20.7. The quantitative estimate of drug-likeness (QED) is 0.443. The fraction of sp³-hybridized carbons (Fsp3) is 0.560. The lowest BCUT2D eigenvalue weighted by Crippen LogP contribution is -2.56. The van der Waals surface area contributed by atoms with Crippen molar-refractivity contribution in [2.24, 2.45) is 5.92 Å². The van der Waals surface area contributed by atoms with Crippen LogP contribution in [0.4, 0.5) is 0 Å². The van der Waals surface area contributed by atoms with Crippen molar-refractivity contribution in [3.8, 4) is 0 Å². The molecule has 1 aromatic rings. The van der Waals surface area contributed by atoms with Gasteiger partial charge in [0.05, 0.1) is 20.6 Å². The summed E-state index contributed by atoms with van der Waals surface area (Å²) in [7, 11) is 2.50. The molecule has 0 saturated carbocycles. The van der Waals surface area contributed by atoms with E-state index in [1.165, 1.54) is 19.1 Å². The first-order valence-corrected chi connectivity index (χ1v) is 11.8. The van der Waals surface area contributed by atoms with Gasteiger partial charge < -0.3 is 25.0 Å². The van der Waals surface area contributed by atoms with Gasteiger partial charge in [0.15, 0.2) is 0 Å². The molecule has 1 aromatic carbocycles. The Morgan fingerprint density at radius 1 is 1.00 bits per heavy atom. The Labute approximate surface area is 205 Å². The van der Waals surface area contributed by atoms with Gasteiger partial charge in [-0.2, -0.15) is 0 Å². The van der Waals surface area contributed by atoms with E-state index < -0.39 is 41.9 Å². The van der Waals surface area contributed by atoms with Gasteiger partial charge in [-0.1, -0.05) is 44.2 Å². The van der Waals surface area contributed by atoms with E-state index >= 15 is 0 Å². The maximum atomic E-state index is 13.3. The number of amides is 3. The van der Waals surface area contributed by atoms with Gasteiger partial charge in [-0.3, -0.25) is 19.2 Å². The second-order valence-electron chi connectivity index (χ2n) is 8.83. The molecule has 0 unspecified atom stereocenters. The number of hydrogen-bond acceptors (Lipinski definition) is 7. The molecule has 0 radical (unpaired) electrons. The van der Waals surface area contributed by atoms with Crippen molar-refractivity contribution in [1.82, 2.24) is 15.5 Å². The minimum atomic E-state index is -0.897. The van der Waals surface area contributed by atoms with Crippen LogP contribution in [0.1, 0.15) is 45.1 Å². The van der Waals surface area contributed by atoms with Gasteiger partial charge in [-0.25, -0.2) is 4.79 Å². The molecule has 3 amide bonds. The van der Waals surface area contributed by atoms with Crippen LogP contribution in [0.5, 0.6) is 0 Å². The second kappa shape index (κ2) is 13.5. The number of carbonyl (C=O) groups is 5. The molecule has 10 heteroatoms. The number of carbonyl (C=O) groups excluding carboxylic acids is 5. The molecular weight excluding hydrogens is 454 g/mol. The Morgan fingerprint density at radius 3 is 2.29 bits per heavy atom. The fourth-order valence-electron chi connectivity index (χ4n) is 4.01. The molecule has 0 bridgehead atoms. The van der Waals surface area contributed by atoms with Crippen molar-refractivity contribution in [2.45, 2.75) is 64.1 Å². The summed E-state index contributed by atoms with van der Waals surface area (Å²) in [5.74, 6) is -2.59. The van der Waals surface area contributed by atoms with Gasteiger partial charge in [0, 0.05) is 19.4 Å². The lowest BCUT2D eigenvalue weighted by Gasteiger charge is -2.31. The largest absolute Gasteiger partial charge is 0.469 e. The van der Waals surface area contributed by atoms with Crippen molar-refractivity contribution < 1.29 is 33.4 Å². The minimum Gasteiger partial charge on any atom is -0.469 e. The van der Waals surface area contributed by atoms with Crippen molar-refractivity contribution >= 4 is 29.7 Å². The molecule has 0 aliphatic carbocycles. The number of likely N-dealkylation sites (tertiary alicyclic amines) is 1. The molecule has 10 nitrogen and oxygen atoms in total. The Kier molecular flexibility index (Phi) is 10.7. The summed E-state index contributed by atoms with van der Waals surface area (Å²) in [6.07, 6.45) is 1.12. The van der Waals surface area contributed by atoms with Crippen LogP contribution in [0.3, 0.4) is 0 Å². The number of nitrogens with one attached hydrogen (secondary N) is 2. The maximum absolute atomic E-state index is 13.3. The van der Waals surface area contributed by atoms with Gasteiger partial charge in [0.25, 0.3) is 0 Å². The number of benzene rings is 1. The molecule has 0 aromatic heterocycles. The van der Waals surface area contributed by atoms with Gasteiger partial charge >= 0.3 is 11.9 Å². The zero-order valence-corrected chi connectivity index (χ0v) is 20.7. The fourth-order valence-corrected chi connectivity index (χ4v) is 4.01. The summed E-state index contributed by atoms with van der Waals surface area (Å²) in [4.78, 5) is 63.9. The molecule has 1 saturated heterocycles. The number of rotatable bonds is 11. The number of ether oxygens (including phenoxy) is 2. The highest BCUT2D eigenvalue weighted by Gasteiger charge is 2.39. The average molecular weight is 490 g/mol. The molecule has 192 valence electrons. The number of methoxy groups -OCH3 is 2. The highest BCUT2D eigenvalue weighted by Crippen LogP contribution is 2.21. The van der Waals surface area contributed by atoms with Crippen molar-refractivity contribution in [1.29, 1.82) is 0 Å². The predicted octanol–water partition coefficient (Wildman–Crippen LogP) is 0.972. The van der Waals surface area contributed by atoms with Gasteiger partial charge in [0.1, 0.15) is 18.1 Å². The Morgan fingerprint density at radius 2 is 1.69 bits per heavy atom. The lowest BCUT2D eigenvalue weighted by atomic mass is 10.0. The molecule has 1 aliphatic heterocycles. The van der Waals surface area contributed by atoms with Gasteiger partial charge in [0.2, 0.25) is 17.7 Å². The molecule has 1 aliphatic rings. The smallest absolute Gasteiger partial charge is 0.328 e. The first-order chi connectivity index (χ1) is 16.7. The highest BCUT2D eigenvalue weighted by molar-refractivity contribution is 5.94. The Balaban J connectivity index is 2.09. The summed E-state index contributed by atoms with van der Waals surface area (Å²) in [6, 6.07) is 6.73. The Hall–Kier alpha value is -3.43. The molecule has 2 N–H and O–H groups in total. The standard InChI is InChI=1S/C25H35N3O7/c1-16(2)22(27-20(29)12-13-21(30)34-3)24(32)28-14-8-11-19(28)23(31)26-18(25(33)35-4)15-17-9-6-5-7-10-17/h5-7,9-10,16,18-19,22H,8,11-15H2,1-4H3,(H,26,31)(H,27,29)/t18-,19-,22-/m0/s1. The molecule has 3 atom stereocenters. The molecule has 0 spiro atoms. The summed E-state index contributed by atoms with van der Waals surface area (Å²) >= 11 is 0. The third-order valence-electron chi connectivity index (χ3n) is 5.96. The monoisotopic (exact) mass is 489 g/mol. The van der Waals surface area contributed by atoms with Crippen LogP contribution in [0.15, 0.2) is 30.3 Å². The second-order valence-corrected chi connectivity index (χ2v) is 8.83. The van der Waals surface area contributed by atoms with E-state index in [4.69, 9.17) is 4.74 Å². The average Bonchev–Trinajstić information content (AvgIpc) is 3.35. The van der Waals surface area contributed by atoms with E-state index in [0.717, 1.165) is 5.56 Å². The summed E-state index contributed by atoms with van der Waals surface area (Å²) < 4.78 is 9.41. The Bertz CT molecular complexity index is 904. The molecule has 1 heterocycles. The van der Waals surface area contributed by atoms with Crippen LogP contribution in [-0.2, 0) is 39.9 Å². The lowest BCUT2D eigenvalue weighted by molar-refractivity contribution is -0.147. The van der Waals surface area contributed by atoms with Crippen LogP contribution in [0, 0.1) is 5.92 Å². The first-order valence-electron chi connectivity index (χ1n) is 11.8. The van der Waals surface area contributed by atoms with Crippen LogP contribution in [-0.4, -0.2) is 73.4 Å². The SMILES string of the molecule is COC(=O)CCC(=O)N[C@H](C(=O)N1CCC[C@H]1C(=O)N[C@@H](Cc1ccccc1)C(=O)OC)C(C)C. The first kappa shape index (κ1) is 27.8. The van der Waals surface area contributed by atoms with Crippen LogP contribution >= 0.6 is 0 Å². The van der Waals surface area contributed by atoms with Crippen LogP contribution in [0.25, 0.3) is 0 Å². The summed E-state index contributed by atoms with van der Waals surface area (Å²) in [5.41, 5.74) is 0.858. The van der Waals surface area contributed by atoms with Crippen molar-refractivity contribution in [3.63, 3.8) is 0 Å². The third kappa shape index (κ3) is 8.08. The maximum Gasteiger partial charge on any atom is 0.328 e. The number of nitrogens with zero attached hydrogens (tertiary/aromatic N) is 1. The number of hydrogen-bond donors (Lipinski definition) is 2. The molecule has 1 fully saturated rings. The topological polar surface area (TPSA) is 131 Å². The van der Waals surface area contributed by atoms with E-state index in [-0.39, 0.29) is 31.1 Å². The van der Waals surface area contributed by atoms with Crippen molar-refractivity contribution in [3.05, 3.63) is 35.9 Å². The number of esters is 2. The zero-order chi connectivity index (χ0) is 26.0. The highest BCUT2D eigenvalue weighted by atomic mass is 16.5. The normalized spacial score (nSPS) is 16.8. The van der Waals surface area contributed by atoms with Crippen LogP contribution < -0.4 is 10.6 Å². The summed E-state index contributed by atoms with van der Waals surface area (Å²) in [5, 5.41) is 5.43. The van der Waals surface area contributed by atoms with E-state index in [0.29, 0.717) is 19.4 Å². The third-order valence-corrected chi connectivity index (χ3v) is 5.96. The van der Waals surface area contributed by atoms with E-state index in [1.807, 2.05) is 30.3 Å². The van der Waals surface area contributed by atoms with E-state index in [9.17, 15) is 24.0 Å². The van der Waals surface area contributed by atoms with E-state index in [1.54, 1.807) is 13.8 Å². The minimum absolute atomic E-state index is 0.0909. The van der Waals surface area contributed by atoms with Gasteiger partial charge in [-0.05, 0) is 24.3 Å². The van der Waals surface area contributed by atoms with Crippen molar-refractivity contribution in [2.75, 3.05) is 20.8 Å². The van der Waals surface area contributed by atoms with Gasteiger partial charge in [-0.15, -0.1) is 0 Å².